The number of fused-ring (bicyclic) bond motifs is 3. The van der Waals surface area contributed by atoms with Crippen LogP contribution in [0.1, 0.15) is 35.4 Å². The van der Waals surface area contributed by atoms with Gasteiger partial charge in [-0.25, -0.2) is 9.40 Å². The first-order chi connectivity index (χ1) is 14.1. The van der Waals surface area contributed by atoms with Crippen LogP contribution in [0.4, 0.5) is 4.39 Å². The first-order valence-corrected chi connectivity index (χ1v) is 10.1. The van der Waals surface area contributed by atoms with Crippen molar-refractivity contribution < 1.29 is 13.9 Å². The highest BCUT2D eigenvalue weighted by Gasteiger charge is 2.41. The van der Waals surface area contributed by atoms with Crippen LogP contribution < -0.4 is 9.47 Å². The van der Waals surface area contributed by atoms with E-state index in [1.54, 1.807) is 13.2 Å². The Morgan fingerprint density at radius 3 is 2.79 bits per heavy atom. The largest absolute Gasteiger partial charge is 0.497 e. The van der Waals surface area contributed by atoms with E-state index in [0.717, 1.165) is 44.8 Å². The second-order valence-electron chi connectivity index (χ2n) is 7.09. The molecule has 0 amide bonds. The van der Waals surface area contributed by atoms with E-state index >= 15 is 0 Å². The summed E-state index contributed by atoms with van der Waals surface area (Å²) in [7, 11) is 1.65. The zero-order valence-electron chi connectivity index (χ0n) is 15.7. The summed E-state index contributed by atoms with van der Waals surface area (Å²) in [6.07, 6.45) is 0.235. The number of halogens is 2. The number of methoxy groups -OCH3 is 1. The molecule has 3 aromatic rings. The first kappa shape index (κ1) is 18.2. The molecule has 0 N–H and O–H groups in total. The molecule has 2 atom stereocenters. The van der Waals surface area contributed by atoms with Crippen molar-refractivity contribution in [2.45, 2.75) is 18.7 Å². The molecular weight excluding hydrogens is 435 g/mol. The molecule has 0 aromatic heterocycles. The fourth-order valence-electron chi connectivity index (χ4n) is 3.92. The van der Waals surface area contributed by atoms with Gasteiger partial charge >= 0.3 is 0 Å². The van der Waals surface area contributed by atoms with Gasteiger partial charge in [-0.1, -0.05) is 40.2 Å². The molecule has 4 nitrogen and oxygen atoms in total. The Bertz CT molecular complexity index is 1120. The van der Waals surface area contributed by atoms with Gasteiger partial charge in [0.15, 0.2) is 0 Å². The normalized spacial score (nSPS) is 19.8. The van der Waals surface area contributed by atoms with Crippen LogP contribution in [-0.2, 0) is 0 Å². The van der Waals surface area contributed by atoms with Gasteiger partial charge in [0.1, 0.15) is 17.3 Å². The van der Waals surface area contributed by atoms with Crippen molar-refractivity contribution in [2.75, 3.05) is 7.11 Å². The molecular formula is C23H18BrFN2O2. The lowest BCUT2D eigenvalue weighted by Gasteiger charge is -2.38. The van der Waals surface area contributed by atoms with Gasteiger partial charge in [0.2, 0.25) is 6.23 Å². The van der Waals surface area contributed by atoms with E-state index < -0.39 is 6.23 Å². The predicted octanol–water partition coefficient (Wildman–Crippen LogP) is 5.84. The molecule has 5 rings (SSSR count). The summed E-state index contributed by atoms with van der Waals surface area (Å²) in [6, 6.07) is 20.4. The van der Waals surface area contributed by atoms with E-state index in [-0.39, 0.29) is 11.9 Å². The Kier molecular flexibility index (Phi) is 4.51. The summed E-state index contributed by atoms with van der Waals surface area (Å²) in [5, 5.41) is 6.85. The standard InChI is InChI=1S/C23H18BrFN2O2/c1-28-18-7-3-4-14(11-18)20-13-21-19-12-16(24)8-9-22(19)29-23(27(21)26-20)15-5-2-6-17(25)10-15/h2-12,21,23H,13H2,1H3/t21-,23-/m1/s1. The van der Waals surface area contributed by atoms with Crippen molar-refractivity contribution in [2.24, 2.45) is 5.10 Å². The van der Waals surface area contributed by atoms with Gasteiger partial charge in [0.05, 0.1) is 18.9 Å². The second kappa shape index (κ2) is 7.19. The zero-order chi connectivity index (χ0) is 20.0. The monoisotopic (exact) mass is 452 g/mol. The highest BCUT2D eigenvalue weighted by Crippen LogP contribution is 2.48. The third kappa shape index (κ3) is 3.27. The molecule has 2 aliphatic rings. The van der Waals surface area contributed by atoms with Crippen LogP contribution in [0.3, 0.4) is 0 Å². The lowest BCUT2D eigenvalue weighted by molar-refractivity contribution is -0.0192. The quantitative estimate of drug-likeness (QED) is 0.500. The number of nitrogens with zero attached hydrogens (tertiary/aromatic N) is 2. The van der Waals surface area contributed by atoms with Gasteiger partial charge in [-0.2, -0.15) is 5.10 Å². The van der Waals surface area contributed by atoms with E-state index in [0.29, 0.717) is 0 Å². The summed E-state index contributed by atoms with van der Waals surface area (Å²) in [5.74, 6) is 1.29. The van der Waals surface area contributed by atoms with Crippen LogP contribution >= 0.6 is 15.9 Å². The molecule has 0 saturated heterocycles. The summed E-state index contributed by atoms with van der Waals surface area (Å²) in [5.41, 5.74) is 3.76. The minimum absolute atomic E-state index is 0.00529. The number of hydrogen-bond acceptors (Lipinski definition) is 4. The van der Waals surface area contributed by atoms with E-state index in [1.165, 1.54) is 12.1 Å². The van der Waals surface area contributed by atoms with Crippen molar-refractivity contribution in [3.05, 3.63) is 93.7 Å². The maximum Gasteiger partial charge on any atom is 0.213 e. The van der Waals surface area contributed by atoms with Gasteiger partial charge in [0, 0.05) is 27.6 Å². The number of rotatable bonds is 3. The number of hydrazone groups is 1. The van der Waals surface area contributed by atoms with Gasteiger partial charge in [-0.3, -0.25) is 0 Å². The van der Waals surface area contributed by atoms with Crippen molar-refractivity contribution >= 4 is 21.6 Å². The van der Waals surface area contributed by atoms with Crippen molar-refractivity contribution in [3.8, 4) is 11.5 Å². The molecule has 2 heterocycles. The van der Waals surface area contributed by atoms with Crippen LogP contribution in [0.15, 0.2) is 76.3 Å². The fraction of sp³-hybridized carbons (Fsp3) is 0.174. The van der Waals surface area contributed by atoms with E-state index in [2.05, 4.69) is 22.0 Å². The van der Waals surface area contributed by atoms with E-state index in [9.17, 15) is 4.39 Å². The molecule has 0 aliphatic carbocycles. The number of benzene rings is 3. The van der Waals surface area contributed by atoms with Crippen LogP contribution in [0.5, 0.6) is 11.5 Å². The Labute approximate surface area is 176 Å². The molecule has 3 aromatic carbocycles. The smallest absolute Gasteiger partial charge is 0.213 e. The third-order valence-electron chi connectivity index (χ3n) is 5.29. The third-order valence-corrected chi connectivity index (χ3v) is 5.78. The molecule has 0 unspecified atom stereocenters. The Morgan fingerprint density at radius 2 is 1.97 bits per heavy atom. The first-order valence-electron chi connectivity index (χ1n) is 9.34. The van der Waals surface area contributed by atoms with Crippen LogP contribution in [0.25, 0.3) is 0 Å². The molecule has 0 radical (unpaired) electrons. The molecule has 0 saturated carbocycles. The minimum Gasteiger partial charge on any atom is -0.497 e. The zero-order valence-corrected chi connectivity index (χ0v) is 17.3. The van der Waals surface area contributed by atoms with Crippen LogP contribution in [0, 0.1) is 5.82 Å². The fourth-order valence-corrected chi connectivity index (χ4v) is 4.29. The van der Waals surface area contributed by atoms with Gasteiger partial charge in [0.25, 0.3) is 0 Å². The average molecular weight is 453 g/mol. The second-order valence-corrected chi connectivity index (χ2v) is 8.00. The molecule has 2 aliphatic heterocycles. The topological polar surface area (TPSA) is 34.1 Å². The van der Waals surface area contributed by atoms with Gasteiger partial charge < -0.3 is 9.47 Å². The predicted molar refractivity (Wildman–Crippen MR) is 113 cm³/mol. The maximum atomic E-state index is 13.9. The average Bonchev–Trinajstić information content (AvgIpc) is 3.19. The Morgan fingerprint density at radius 1 is 1.10 bits per heavy atom. The molecule has 29 heavy (non-hydrogen) atoms. The van der Waals surface area contributed by atoms with Crippen molar-refractivity contribution in [1.29, 1.82) is 0 Å². The summed E-state index contributed by atoms with van der Waals surface area (Å²) < 4.78 is 26.5. The van der Waals surface area contributed by atoms with E-state index in [4.69, 9.17) is 14.6 Å². The Hall–Kier alpha value is -2.86. The van der Waals surface area contributed by atoms with Crippen molar-refractivity contribution in [1.82, 2.24) is 5.01 Å². The maximum absolute atomic E-state index is 13.9. The van der Waals surface area contributed by atoms with E-state index in [1.807, 2.05) is 47.5 Å². The van der Waals surface area contributed by atoms with Crippen LogP contribution in [-0.4, -0.2) is 17.8 Å². The highest BCUT2D eigenvalue weighted by molar-refractivity contribution is 9.10. The molecule has 6 heteroatoms. The van der Waals surface area contributed by atoms with Crippen molar-refractivity contribution in [3.63, 3.8) is 0 Å². The lowest BCUT2D eigenvalue weighted by Crippen LogP contribution is -2.33. The van der Waals surface area contributed by atoms with Gasteiger partial charge in [-0.05, 0) is 42.5 Å². The molecule has 0 spiro atoms. The van der Waals surface area contributed by atoms with Crippen LogP contribution in [0.2, 0.25) is 0 Å². The SMILES string of the molecule is COc1cccc(C2=NN3[C@H](C2)c2cc(Br)ccc2O[C@@H]3c2cccc(F)c2)c1. The number of hydrogen-bond donors (Lipinski definition) is 0. The summed E-state index contributed by atoms with van der Waals surface area (Å²) in [4.78, 5) is 0. The molecule has 0 fully saturated rings. The highest BCUT2D eigenvalue weighted by atomic mass is 79.9. The number of ether oxygens (including phenoxy) is 2. The van der Waals surface area contributed by atoms with Gasteiger partial charge in [-0.15, -0.1) is 0 Å². The molecule has 146 valence electrons. The minimum atomic E-state index is -0.493. The summed E-state index contributed by atoms with van der Waals surface area (Å²) >= 11 is 3.56. The lowest BCUT2D eigenvalue weighted by atomic mass is 9.96. The Balaban J connectivity index is 1.60. The summed E-state index contributed by atoms with van der Waals surface area (Å²) in [6.45, 7) is 0. The molecule has 0 bridgehead atoms.